The molecule has 8 heteroatoms. The van der Waals surface area contributed by atoms with Crippen LogP contribution >= 0.6 is 23.8 Å². The van der Waals surface area contributed by atoms with Gasteiger partial charge in [-0.15, -0.1) is 0 Å². The number of ether oxygens (including phenoxy) is 1. The standard InChI is InChI=1S/C12H15ClN2O3S2/c1-8-7-18-5-4-15(8)20(16,17)11-6-9(12(14)19)2-3-10(11)13/h2-3,6,8H,4-5,7H2,1H3,(H2,14,19). The van der Waals surface area contributed by atoms with E-state index in [2.05, 4.69) is 0 Å². The molecule has 1 aliphatic rings. The zero-order valence-corrected chi connectivity index (χ0v) is 13.3. The van der Waals surface area contributed by atoms with Crippen molar-refractivity contribution in [1.82, 2.24) is 4.31 Å². The maximum Gasteiger partial charge on any atom is 0.244 e. The molecule has 2 rings (SSSR count). The Morgan fingerprint density at radius 1 is 1.55 bits per heavy atom. The summed E-state index contributed by atoms with van der Waals surface area (Å²) in [5, 5.41) is 0.156. The number of nitrogens with zero attached hydrogens (tertiary/aromatic N) is 1. The van der Waals surface area contributed by atoms with E-state index in [1.54, 1.807) is 13.0 Å². The first kappa shape index (κ1) is 15.7. The second-order valence-electron chi connectivity index (χ2n) is 4.55. The van der Waals surface area contributed by atoms with E-state index in [-0.39, 0.29) is 20.9 Å². The third-order valence-electron chi connectivity index (χ3n) is 3.11. The first-order chi connectivity index (χ1) is 9.34. The lowest BCUT2D eigenvalue weighted by atomic mass is 10.2. The van der Waals surface area contributed by atoms with Crippen molar-refractivity contribution in [2.75, 3.05) is 19.8 Å². The number of thiocarbonyl (C=S) groups is 1. The normalized spacial score (nSPS) is 20.8. The van der Waals surface area contributed by atoms with Crippen molar-refractivity contribution in [1.29, 1.82) is 0 Å². The highest BCUT2D eigenvalue weighted by molar-refractivity contribution is 7.89. The Bertz CT molecular complexity index is 634. The highest BCUT2D eigenvalue weighted by atomic mass is 35.5. The number of benzene rings is 1. The average molecular weight is 335 g/mol. The highest BCUT2D eigenvalue weighted by Gasteiger charge is 2.33. The Kier molecular flexibility index (Phi) is 4.66. The van der Waals surface area contributed by atoms with Crippen LogP contribution in [0, 0.1) is 0 Å². The summed E-state index contributed by atoms with van der Waals surface area (Å²) in [5.41, 5.74) is 6.02. The van der Waals surface area contributed by atoms with Crippen LogP contribution in [0.5, 0.6) is 0 Å². The second-order valence-corrected chi connectivity index (χ2v) is 7.26. The van der Waals surface area contributed by atoms with Gasteiger partial charge in [-0.1, -0.05) is 29.9 Å². The zero-order valence-electron chi connectivity index (χ0n) is 10.9. The number of morpholine rings is 1. The molecule has 110 valence electrons. The van der Waals surface area contributed by atoms with E-state index in [1.165, 1.54) is 16.4 Å². The lowest BCUT2D eigenvalue weighted by molar-refractivity contribution is 0.0393. The Labute approximate surface area is 128 Å². The van der Waals surface area contributed by atoms with Crippen LogP contribution in [0.25, 0.3) is 0 Å². The maximum absolute atomic E-state index is 12.7. The first-order valence-electron chi connectivity index (χ1n) is 6.03. The minimum atomic E-state index is -3.69. The summed E-state index contributed by atoms with van der Waals surface area (Å²) in [4.78, 5) is 0.159. The van der Waals surface area contributed by atoms with Crippen LogP contribution in [0.3, 0.4) is 0 Å². The molecule has 1 aromatic rings. The van der Waals surface area contributed by atoms with Crippen LogP contribution in [0.2, 0.25) is 5.02 Å². The molecule has 5 nitrogen and oxygen atoms in total. The molecule has 1 aliphatic heterocycles. The molecule has 0 spiro atoms. The summed E-state index contributed by atoms with van der Waals surface area (Å²) >= 11 is 10.9. The SMILES string of the molecule is CC1COCCN1S(=O)(=O)c1cc(C(N)=S)ccc1Cl. The third-order valence-corrected chi connectivity index (χ3v) is 5.84. The van der Waals surface area contributed by atoms with Gasteiger partial charge in [0.25, 0.3) is 0 Å². The zero-order chi connectivity index (χ0) is 14.9. The second kappa shape index (κ2) is 5.95. The van der Waals surface area contributed by atoms with Crippen molar-refractivity contribution >= 4 is 38.8 Å². The lowest BCUT2D eigenvalue weighted by Gasteiger charge is -2.32. The quantitative estimate of drug-likeness (QED) is 0.845. The highest BCUT2D eigenvalue weighted by Crippen LogP contribution is 2.28. The number of halogens is 1. The minimum Gasteiger partial charge on any atom is -0.389 e. The van der Waals surface area contributed by atoms with Gasteiger partial charge in [0.05, 0.1) is 18.2 Å². The van der Waals surface area contributed by atoms with Crippen molar-refractivity contribution in [3.8, 4) is 0 Å². The molecule has 1 aromatic carbocycles. The fourth-order valence-electron chi connectivity index (χ4n) is 2.05. The van der Waals surface area contributed by atoms with Gasteiger partial charge in [-0.3, -0.25) is 0 Å². The molecule has 0 amide bonds. The molecule has 1 heterocycles. The largest absolute Gasteiger partial charge is 0.389 e. The first-order valence-corrected chi connectivity index (χ1v) is 8.25. The van der Waals surface area contributed by atoms with Gasteiger partial charge in [0.1, 0.15) is 9.88 Å². The molecule has 1 saturated heterocycles. The number of hydrogen-bond donors (Lipinski definition) is 1. The molecular formula is C12H15ClN2O3S2. The number of rotatable bonds is 3. The van der Waals surface area contributed by atoms with Crippen LogP contribution in [0.4, 0.5) is 0 Å². The van der Waals surface area contributed by atoms with Crippen LogP contribution in [0.1, 0.15) is 12.5 Å². The van der Waals surface area contributed by atoms with Crippen LogP contribution in [-0.2, 0) is 14.8 Å². The average Bonchev–Trinajstić information content (AvgIpc) is 2.39. The molecule has 1 unspecified atom stereocenters. The maximum atomic E-state index is 12.7. The van der Waals surface area contributed by atoms with Crippen LogP contribution in [0.15, 0.2) is 23.1 Å². The molecule has 2 N–H and O–H groups in total. The fraction of sp³-hybridized carbons (Fsp3) is 0.417. The molecule has 1 atom stereocenters. The van der Waals surface area contributed by atoms with E-state index >= 15 is 0 Å². The third kappa shape index (κ3) is 2.96. The minimum absolute atomic E-state index is 0.0261. The van der Waals surface area contributed by atoms with Gasteiger partial charge < -0.3 is 10.5 Å². The molecule has 0 bridgehead atoms. The van der Waals surface area contributed by atoms with E-state index in [4.69, 9.17) is 34.3 Å². The summed E-state index contributed by atoms with van der Waals surface area (Å²) in [7, 11) is -3.69. The van der Waals surface area contributed by atoms with Gasteiger partial charge in [0.2, 0.25) is 10.0 Å². The van der Waals surface area contributed by atoms with Gasteiger partial charge in [-0.25, -0.2) is 8.42 Å². The summed E-state index contributed by atoms with van der Waals surface area (Å²) in [6.07, 6.45) is 0. The van der Waals surface area contributed by atoms with Gasteiger partial charge in [-0.05, 0) is 19.1 Å². The van der Waals surface area contributed by atoms with E-state index in [9.17, 15) is 8.42 Å². The van der Waals surface area contributed by atoms with E-state index in [1.807, 2.05) is 0 Å². The monoisotopic (exact) mass is 334 g/mol. The van der Waals surface area contributed by atoms with Crippen molar-refractivity contribution in [2.24, 2.45) is 5.73 Å². The van der Waals surface area contributed by atoms with Gasteiger partial charge in [0, 0.05) is 18.2 Å². The number of sulfonamides is 1. The van der Waals surface area contributed by atoms with Gasteiger partial charge in [-0.2, -0.15) is 4.31 Å². The molecular weight excluding hydrogens is 320 g/mol. The van der Waals surface area contributed by atoms with Gasteiger partial charge in [0.15, 0.2) is 0 Å². The summed E-state index contributed by atoms with van der Waals surface area (Å²) < 4.78 is 32.0. The number of hydrogen-bond acceptors (Lipinski definition) is 4. The summed E-state index contributed by atoms with van der Waals surface area (Å²) in [6.45, 7) is 2.83. The van der Waals surface area contributed by atoms with Crippen molar-refractivity contribution in [3.05, 3.63) is 28.8 Å². The topological polar surface area (TPSA) is 72.6 Å². The van der Waals surface area contributed by atoms with Crippen molar-refractivity contribution in [3.63, 3.8) is 0 Å². The summed E-state index contributed by atoms with van der Waals surface area (Å²) in [6, 6.07) is 4.28. The Morgan fingerprint density at radius 3 is 2.85 bits per heavy atom. The Hall–Kier alpha value is -0.730. The van der Waals surface area contributed by atoms with E-state index in [0.29, 0.717) is 25.3 Å². The lowest BCUT2D eigenvalue weighted by Crippen LogP contribution is -2.47. The molecule has 0 aliphatic carbocycles. The Morgan fingerprint density at radius 2 is 2.25 bits per heavy atom. The molecule has 0 aromatic heterocycles. The van der Waals surface area contributed by atoms with Crippen LogP contribution in [-0.4, -0.2) is 43.5 Å². The smallest absolute Gasteiger partial charge is 0.244 e. The molecule has 1 fully saturated rings. The summed E-state index contributed by atoms with van der Waals surface area (Å²) in [5.74, 6) is 0. The number of nitrogens with two attached hydrogens (primary N) is 1. The van der Waals surface area contributed by atoms with Gasteiger partial charge >= 0.3 is 0 Å². The molecule has 0 saturated carbocycles. The van der Waals surface area contributed by atoms with E-state index in [0.717, 1.165) is 0 Å². The predicted molar refractivity (Wildman–Crippen MR) is 81.5 cm³/mol. The van der Waals surface area contributed by atoms with Crippen LogP contribution < -0.4 is 5.73 Å². The fourth-order valence-corrected chi connectivity index (χ4v) is 4.28. The van der Waals surface area contributed by atoms with E-state index < -0.39 is 10.0 Å². The molecule has 0 radical (unpaired) electrons. The Balaban J connectivity index is 2.48. The molecule has 20 heavy (non-hydrogen) atoms. The van der Waals surface area contributed by atoms with Crippen molar-refractivity contribution in [2.45, 2.75) is 17.9 Å². The predicted octanol–water partition coefficient (Wildman–Crippen LogP) is 1.38. The van der Waals surface area contributed by atoms with Crippen molar-refractivity contribution < 1.29 is 13.2 Å².